The molecule has 3 aromatic rings. The number of rotatable bonds is 3. The minimum absolute atomic E-state index is 0.158. The minimum atomic E-state index is -4.47. The molecule has 0 atom stereocenters. The molecule has 0 unspecified atom stereocenters. The van der Waals surface area contributed by atoms with Crippen LogP contribution in [-0.2, 0) is 6.18 Å². The molecule has 136 valence electrons. The van der Waals surface area contributed by atoms with Gasteiger partial charge >= 0.3 is 6.18 Å². The molecule has 0 saturated carbocycles. The number of hydrogen-bond acceptors (Lipinski definition) is 3. The second-order valence-electron chi connectivity index (χ2n) is 5.91. The number of anilines is 1. The third-order valence-corrected chi connectivity index (χ3v) is 4.39. The van der Waals surface area contributed by atoms with Crippen molar-refractivity contribution in [2.45, 2.75) is 26.1 Å². The zero-order chi connectivity index (χ0) is 19.1. The Hall–Kier alpha value is -2.42. The van der Waals surface area contributed by atoms with Gasteiger partial charge < -0.3 is 0 Å². The summed E-state index contributed by atoms with van der Waals surface area (Å²) in [5.74, 6) is -0.201. The van der Waals surface area contributed by atoms with Crippen molar-refractivity contribution < 1.29 is 18.0 Å². The number of aromatic nitrogens is 3. The Morgan fingerprint density at radius 1 is 1.23 bits per heavy atom. The molecule has 9 heteroatoms. The molecule has 1 amide bonds. The lowest BCUT2D eigenvalue weighted by atomic mass is 10.1. The molecule has 0 saturated heterocycles. The molecule has 3 aromatic heterocycles. The first-order valence-corrected chi connectivity index (χ1v) is 8.47. The second kappa shape index (κ2) is 6.71. The maximum atomic E-state index is 13.0. The van der Waals surface area contributed by atoms with Crippen molar-refractivity contribution in [1.82, 2.24) is 14.6 Å². The van der Waals surface area contributed by atoms with Crippen molar-refractivity contribution in [1.29, 1.82) is 0 Å². The fourth-order valence-corrected chi connectivity index (χ4v) is 2.91. The maximum Gasteiger partial charge on any atom is 0.417 e. The van der Waals surface area contributed by atoms with Gasteiger partial charge in [-0.3, -0.25) is 9.69 Å². The van der Waals surface area contributed by atoms with Gasteiger partial charge in [-0.2, -0.15) is 18.3 Å². The molecular formula is C17H14BrF3N4O. The van der Waals surface area contributed by atoms with E-state index in [2.05, 4.69) is 26.0 Å². The summed E-state index contributed by atoms with van der Waals surface area (Å²) in [4.78, 5) is 18.2. The minimum Gasteiger partial charge on any atom is -0.290 e. The molecule has 0 fully saturated rings. The van der Waals surface area contributed by atoms with Crippen LogP contribution < -0.4 is 4.90 Å². The summed E-state index contributed by atoms with van der Waals surface area (Å²) in [6.07, 6.45) is -0.487. The van der Waals surface area contributed by atoms with Crippen molar-refractivity contribution in [3.05, 3.63) is 58.5 Å². The van der Waals surface area contributed by atoms with E-state index < -0.39 is 11.7 Å². The Morgan fingerprint density at radius 2 is 1.96 bits per heavy atom. The number of carbonyl (C=O) groups excluding carboxylic acids is 1. The summed E-state index contributed by atoms with van der Waals surface area (Å²) in [7, 11) is 0. The lowest BCUT2D eigenvalue weighted by Gasteiger charge is -2.26. The molecule has 0 aliphatic heterocycles. The number of amides is 1. The molecular weight excluding hydrogens is 413 g/mol. The summed E-state index contributed by atoms with van der Waals surface area (Å²) in [5.41, 5.74) is 0.232. The van der Waals surface area contributed by atoms with E-state index in [0.29, 0.717) is 11.1 Å². The van der Waals surface area contributed by atoms with Crippen LogP contribution in [0.3, 0.4) is 0 Å². The number of alkyl halides is 3. The van der Waals surface area contributed by atoms with Crippen molar-refractivity contribution in [2.24, 2.45) is 0 Å². The largest absolute Gasteiger partial charge is 0.417 e. The molecule has 0 bridgehead atoms. The van der Waals surface area contributed by atoms with Crippen LogP contribution in [0.4, 0.5) is 19.0 Å². The molecule has 0 aromatic carbocycles. The highest BCUT2D eigenvalue weighted by atomic mass is 79.9. The molecule has 0 aliphatic rings. The highest BCUT2D eigenvalue weighted by Gasteiger charge is 2.31. The predicted molar refractivity (Wildman–Crippen MR) is 94.1 cm³/mol. The average molecular weight is 427 g/mol. The van der Waals surface area contributed by atoms with Gasteiger partial charge in [-0.1, -0.05) is 0 Å². The molecule has 3 rings (SSSR count). The second-order valence-corrected chi connectivity index (χ2v) is 6.76. The van der Waals surface area contributed by atoms with Crippen molar-refractivity contribution in [2.75, 3.05) is 4.90 Å². The van der Waals surface area contributed by atoms with E-state index in [4.69, 9.17) is 0 Å². The normalized spacial score (nSPS) is 12.0. The van der Waals surface area contributed by atoms with E-state index in [1.807, 2.05) is 0 Å². The van der Waals surface area contributed by atoms with E-state index >= 15 is 0 Å². The first-order valence-electron chi connectivity index (χ1n) is 7.68. The third kappa shape index (κ3) is 3.44. The molecule has 0 N–H and O–H groups in total. The standard InChI is InChI=1S/C17H14BrF3N4O/c1-10(2)25(15-4-3-12(8-22-15)17(19,20)21)16(26)11-5-6-24-14(7-11)13(18)9-23-24/h3-10H,1-2H3. The fraction of sp³-hybridized carbons (Fsp3) is 0.235. The van der Waals surface area contributed by atoms with Gasteiger partial charge in [0.1, 0.15) is 5.82 Å². The van der Waals surface area contributed by atoms with E-state index in [0.717, 1.165) is 16.7 Å². The Labute approximate surface area is 155 Å². The van der Waals surface area contributed by atoms with Crippen LogP contribution in [0.5, 0.6) is 0 Å². The maximum absolute atomic E-state index is 13.0. The van der Waals surface area contributed by atoms with Crippen molar-refractivity contribution >= 4 is 33.2 Å². The number of hydrogen-bond donors (Lipinski definition) is 0. The van der Waals surface area contributed by atoms with E-state index in [9.17, 15) is 18.0 Å². The Balaban J connectivity index is 1.98. The SMILES string of the molecule is CC(C)N(C(=O)c1ccn2ncc(Br)c2c1)c1ccc(C(F)(F)F)cn1. The molecule has 26 heavy (non-hydrogen) atoms. The van der Waals surface area contributed by atoms with Crippen molar-refractivity contribution in [3.8, 4) is 0 Å². The highest BCUT2D eigenvalue weighted by molar-refractivity contribution is 9.10. The van der Waals surface area contributed by atoms with Crippen LogP contribution in [0.1, 0.15) is 29.8 Å². The van der Waals surface area contributed by atoms with E-state index in [-0.39, 0.29) is 17.8 Å². The third-order valence-electron chi connectivity index (χ3n) is 3.78. The summed E-state index contributed by atoms with van der Waals surface area (Å²) in [6, 6.07) is 5.10. The highest BCUT2D eigenvalue weighted by Crippen LogP contribution is 2.30. The number of halogens is 4. The molecule has 0 spiro atoms. The van der Waals surface area contributed by atoms with Gasteiger partial charge in [0.05, 0.1) is 21.7 Å². The number of pyridine rings is 2. The Kier molecular flexibility index (Phi) is 4.74. The van der Waals surface area contributed by atoms with E-state index in [1.165, 1.54) is 11.0 Å². The van der Waals surface area contributed by atoms with Crippen molar-refractivity contribution in [3.63, 3.8) is 0 Å². The number of nitrogens with zero attached hydrogens (tertiary/aromatic N) is 4. The average Bonchev–Trinajstić information content (AvgIpc) is 2.95. The van der Waals surface area contributed by atoms with Gasteiger partial charge in [-0.05, 0) is 54.0 Å². The van der Waals surface area contributed by atoms with Gasteiger partial charge in [-0.15, -0.1) is 0 Å². The van der Waals surface area contributed by atoms with Crippen LogP contribution in [0.25, 0.3) is 5.52 Å². The number of fused-ring (bicyclic) bond motifs is 1. The Morgan fingerprint density at radius 3 is 2.54 bits per heavy atom. The molecule has 0 aliphatic carbocycles. The Bertz CT molecular complexity index is 951. The monoisotopic (exact) mass is 426 g/mol. The smallest absolute Gasteiger partial charge is 0.290 e. The number of carbonyl (C=O) groups is 1. The lowest BCUT2D eigenvalue weighted by molar-refractivity contribution is -0.137. The summed E-state index contributed by atoms with van der Waals surface area (Å²) >= 11 is 3.36. The van der Waals surface area contributed by atoms with E-state index in [1.54, 1.807) is 42.9 Å². The zero-order valence-corrected chi connectivity index (χ0v) is 15.4. The quantitative estimate of drug-likeness (QED) is 0.616. The predicted octanol–water partition coefficient (Wildman–Crippen LogP) is 4.57. The summed E-state index contributed by atoms with van der Waals surface area (Å²) in [5, 5.41) is 4.12. The van der Waals surface area contributed by atoms with Gasteiger partial charge in [0.2, 0.25) is 0 Å². The van der Waals surface area contributed by atoms with Gasteiger partial charge in [0.15, 0.2) is 0 Å². The van der Waals surface area contributed by atoms with Gasteiger partial charge in [-0.25, -0.2) is 9.50 Å². The topological polar surface area (TPSA) is 50.5 Å². The summed E-state index contributed by atoms with van der Waals surface area (Å²) < 4.78 is 40.5. The van der Waals surface area contributed by atoms with Crippen LogP contribution in [-0.4, -0.2) is 26.5 Å². The van der Waals surface area contributed by atoms with Gasteiger partial charge in [0, 0.05) is 24.0 Å². The molecule has 5 nitrogen and oxygen atoms in total. The van der Waals surface area contributed by atoms with Crippen LogP contribution >= 0.6 is 15.9 Å². The molecule has 0 radical (unpaired) electrons. The van der Waals surface area contributed by atoms with Gasteiger partial charge in [0.25, 0.3) is 5.91 Å². The summed E-state index contributed by atoms with van der Waals surface area (Å²) in [6.45, 7) is 3.54. The fourth-order valence-electron chi connectivity index (χ4n) is 2.52. The molecule has 3 heterocycles. The lowest BCUT2D eigenvalue weighted by Crippen LogP contribution is -2.37. The van der Waals surface area contributed by atoms with Crippen LogP contribution in [0.15, 0.2) is 47.3 Å². The first kappa shape index (κ1) is 18.4. The first-order chi connectivity index (χ1) is 12.2. The zero-order valence-electron chi connectivity index (χ0n) is 13.8. The van der Waals surface area contributed by atoms with Crippen LogP contribution in [0.2, 0.25) is 0 Å². The van der Waals surface area contributed by atoms with Crippen LogP contribution in [0, 0.1) is 0 Å².